The lowest BCUT2D eigenvalue weighted by atomic mass is 10.1. The van der Waals surface area contributed by atoms with Crippen molar-refractivity contribution in [1.29, 1.82) is 0 Å². The Balaban J connectivity index is 1.80. The van der Waals surface area contributed by atoms with Gasteiger partial charge in [-0.05, 0) is 32.9 Å². The molecule has 2 fully saturated rings. The van der Waals surface area contributed by atoms with Crippen molar-refractivity contribution < 1.29 is 4.79 Å². The molecule has 0 aromatic rings. The molecular formula is C13H25N3O. The summed E-state index contributed by atoms with van der Waals surface area (Å²) in [4.78, 5) is 16.7. The van der Waals surface area contributed by atoms with Gasteiger partial charge in [-0.25, -0.2) is 0 Å². The molecule has 2 atom stereocenters. The Bertz CT molecular complexity index is 269. The van der Waals surface area contributed by atoms with Crippen molar-refractivity contribution in [1.82, 2.24) is 15.1 Å². The van der Waals surface area contributed by atoms with Gasteiger partial charge < -0.3 is 10.2 Å². The number of nitrogens with one attached hydrogen (secondary N) is 1. The number of amides is 1. The number of rotatable bonds is 4. The molecule has 2 rings (SSSR count). The van der Waals surface area contributed by atoms with Crippen LogP contribution in [0.25, 0.3) is 0 Å². The van der Waals surface area contributed by atoms with E-state index in [0.717, 1.165) is 26.2 Å². The average molecular weight is 239 g/mol. The fraction of sp³-hybridized carbons (Fsp3) is 0.923. The highest BCUT2D eigenvalue weighted by Gasteiger charge is 2.32. The van der Waals surface area contributed by atoms with Gasteiger partial charge in [-0.1, -0.05) is 6.92 Å². The molecule has 1 N–H and O–H groups in total. The van der Waals surface area contributed by atoms with Crippen LogP contribution in [0.5, 0.6) is 0 Å². The maximum Gasteiger partial charge on any atom is 0.224 e. The summed E-state index contributed by atoms with van der Waals surface area (Å²) in [5, 5.41) is 3.30. The summed E-state index contributed by atoms with van der Waals surface area (Å²) >= 11 is 0. The van der Waals surface area contributed by atoms with E-state index < -0.39 is 0 Å². The molecule has 0 spiro atoms. The summed E-state index contributed by atoms with van der Waals surface area (Å²) < 4.78 is 0. The summed E-state index contributed by atoms with van der Waals surface area (Å²) in [5.74, 6) is 0.324. The van der Waals surface area contributed by atoms with Crippen LogP contribution >= 0.6 is 0 Å². The van der Waals surface area contributed by atoms with E-state index in [1.807, 2.05) is 0 Å². The average Bonchev–Trinajstić information content (AvgIpc) is 2.75. The van der Waals surface area contributed by atoms with Gasteiger partial charge in [0.2, 0.25) is 5.91 Å². The predicted octanol–water partition coefficient (Wildman–Crippen LogP) is 0.681. The Morgan fingerprint density at radius 3 is 3.00 bits per heavy atom. The van der Waals surface area contributed by atoms with Crippen LogP contribution in [0.15, 0.2) is 0 Å². The van der Waals surface area contributed by atoms with E-state index in [4.69, 9.17) is 0 Å². The van der Waals surface area contributed by atoms with Gasteiger partial charge in [0.1, 0.15) is 0 Å². The normalized spacial score (nSPS) is 26.9. The van der Waals surface area contributed by atoms with Crippen LogP contribution in [0.1, 0.15) is 33.1 Å². The third-order valence-electron chi connectivity index (χ3n) is 3.97. The van der Waals surface area contributed by atoms with E-state index in [2.05, 4.69) is 29.0 Å². The molecule has 4 heteroatoms. The van der Waals surface area contributed by atoms with Gasteiger partial charge in [0, 0.05) is 38.1 Å². The van der Waals surface area contributed by atoms with E-state index in [0.29, 0.717) is 24.4 Å². The number of fused-ring (bicyclic) bond motifs is 1. The van der Waals surface area contributed by atoms with Crippen LogP contribution in [0, 0.1) is 0 Å². The molecule has 0 aromatic heterocycles. The second kappa shape index (κ2) is 5.83. The highest BCUT2D eigenvalue weighted by molar-refractivity contribution is 5.77. The molecule has 0 radical (unpaired) electrons. The molecule has 98 valence electrons. The zero-order valence-electron chi connectivity index (χ0n) is 11.1. The lowest BCUT2D eigenvalue weighted by Crippen LogP contribution is -2.52. The zero-order valence-corrected chi connectivity index (χ0v) is 11.1. The van der Waals surface area contributed by atoms with Gasteiger partial charge in [0.15, 0.2) is 0 Å². The van der Waals surface area contributed by atoms with Gasteiger partial charge in [-0.2, -0.15) is 0 Å². The summed E-state index contributed by atoms with van der Waals surface area (Å²) in [6.45, 7) is 9.30. The van der Waals surface area contributed by atoms with Crippen molar-refractivity contribution >= 4 is 5.91 Å². The number of piperazine rings is 1. The molecule has 0 aromatic carbocycles. The van der Waals surface area contributed by atoms with Crippen LogP contribution in [0.3, 0.4) is 0 Å². The molecule has 2 saturated heterocycles. The SMILES string of the molecule is CCNC(C)CC(=O)N1CCN2CCCC2C1. The number of carbonyl (C=O) groups excluding carboxylic acids is 1. The molecular weight excluding hydrogens is 214 g/mol. The van der Waals surface area contributed by atoms with Crippen LogP contribution in [-0.4, -0.2) is 60.5 Å². The molecule has 2 unspecified atom stereocenters. The molecule has 17 heavy (non-hydrogen) atoms. The fourth-order valence-electron chi connectivity index (χ4n) is 3.03. The van der Waals surface area contributed by atoms with Crippen molar-refractivity contribution in [3.05, 3.63) is 0 Å². The summed E-state index contributed by atoms with van der Waals surface area (Å²) in [7, 11) is 0. The number of hydrogen-bond donors (Lipinski definition) is 1. The Kier molecular flexibility index (Phi) is 4.40. The smallest absolute Gasteiger partial charge is 0.224 e. The maximum atomic E-state index is 12.1. The third-order valence-corrected chi connectivity index (χ3v) is 3.97. The van der Waals surface area contributed by atoms with Crippen molar-refractivity contribution in [2.75, 3.05) is 32.7 Å². The van der Waals surface area contributed by atoms with E-state index >= 15 is 0 Å². The first-order valence-electron chi connectivity index (χ1n) is 6.96. The topological polar surface area (TPSA) is 35.6 Å². The first-order valence-corrected chi connectivity index (χ1v) is 6.96. The van der Waals surface area contributed by atoms with Crippen LogP contribution in [-0.2, 0) is 4.79 Å². The number of nitrogens with zero attached hydrogens (tertiary/aromatic N) is 2. The predicted molar refractivity (Wildman–Crippen MR) is 68.9 cm³/mol. The highest BCUT2D eigenvalue weighted by Crippen LogP contribution is 2.21. The van der Waals surface area contributed by atoms with Gasteiger partial charge in [0.25, 0.3) is 0 Å². The minimum Gasteiger partial charge on any atom is -0.340 e. The fourth-order valence-corrected chi connectivity index (χ4v) is 3.03. The highest BCUT2D eigenvalue weighted by atomic mass is 16.2. The number of carbonyl (C=O) groups is 1. The van der Waals surface area contributed by atoms with Gasteiger partial charge >= 0.3 is 0 Å². The molecule has 0 aliphatic carbocycles. The molecule has 0 saturated carbocycles. The van der Waals surface area contributed by atoms with Gasteiger partial charge in [0.05, 0.1) is 0 Å². The van der Waals surface area contributed by atoms with E-state index in [1.54, 1.807) is 0 Å². The molecule has 4 nitrogen and oxygen atoms in total. The zero-order chi connectivity index (χ0) is 12.3. The van der Waals surface area contributed by atoms with E-state index in [1.165, 1.54) is 19.4 Å². The summed E-state index contributed by atoms with van der Waals surface area (Å²) in [5.41, 5.74) is 0. The lowest BCUT2D eigenvalue weighted by molar-refractivity contribution is -0.134. The van der Waals surface area contributed by atoms with Crippen molar-refractivity contribution in [2.45, 2.75) is 45.2 Å². The van der Waals surface area contributed by atoms with E-state index in [9.17, 15) is 4.79 Å². The minimum absolute atomic E-state index is 0.300. The molecule has 0 bridgehead atoms. The molecule has 2 heterocycles. The molecule has 1 amide bonds. The Morgan fingerprint density at radius 2 is 2.24 bits per heavy atom. The monoisotopic (exact) mass is 239 g/mol. The van der Waals surface area contributed by atoms with E-state index in [-0.39, 0.29) is 0 Å². The summed E-state index contributed by atoms with van der Waals surface area (Å²) in [6.07, 6.45) is 3.22. The third kappa shape index (κ3) is 3.19. The standard InChI is InChI=1S/C13H25N3O/c1-3-14-11(2)9-13(17)16-8-7-15-6-4-5-12(15)10-16/h11-12,14H,3-10H2,1-2H3. The first kappa shape index (κ1) is 12.8. The van der Waals surface area contributed by atoms with Gasteiger partial charge in [-0.3, -0.25) is 9.69 Å². The van der Waals surface area contributed by atoms with Gasteiger partial charge in [-0.15, -0.1) is 0 Å². The Labute approximate surface area is 104 Å². The van der Waals surface area contributed by atoms with Crippen LogP contribution in [0.4, 0.5) is 0 Å². The largest absolute Gasteiger partial charge is 0.340 e. The van der Waals surface area contributed by atoms with Crippen molar-refractivity contribution in [3.8, 4) is 0 Å². The quantitative estimate of drug-likeness (QED) is 0.784. The van der Waals surface area contributed by atoms with Crippen LogP contribution < -0.4 is 5.32 Å². The Morgan fingerprint density at radius 1 is 1.41 bits per heavy atom. The van der Waals surface area contributed by atoms with Crippen molar-refractivity contribution in [2.24, 2.45) is 0 Å². The second-order valence-corrected chi connectivity index (χ2v) is 5.33. The molecule has 2 aliphatic rings. The summed E-state index contributed by atoms with van der Waals surface area (Å²) in [6, 6.07) is 0.941. The minimum atomic E-state index is 0.300. The lowest BCUT2D eigenvalue weighted by Gasteiger charge is -2.37. The first-order chi connectivity index (χ1) is 8.20. The number of hydrogen-bond acceptors (Lipinski definition) is 3. The maximum absolute atomic E-state index is 12.1. The Hall–Kier alpha value is -0.610. The van der Waals surface area contributed by atoms with Crippen molar-refractivity contribution in [3.63, 3.8) is 0 Å². The van der Waals surface area contributed by atoms with Crippen LogP contribution in [0.2, 0.25) is 0 Å². The molecule has 2 aliphatic heterocycles. The second-order valence-electron chi connectivity index (χ2n) is 5.33.